The topological polar surface area (TPSA) is 12.4 Å². The van der Waals surface area contributed by atoms with Crippen LogP contribution in [0.25, 0.3) is 44.5 Å². The largest absolute Gasteiger partial charge is 0.260 e. The Bertz CT molecular complexity index is 2420. The minimum absolute atomic E-state index is 1.20. The summed E-state index contributed by atoms with van der Waals surface area (Å²) in [5.41, 5.74) is 10.9. The lowest BCUT2D eigenvalue weighted by atomic mass is 10.1. The van der Waals surface area contributed by atoms with Crippen LogP contribution >= 0.6 is 14.1 Å². The van der Waals surface area contributed by atoms with Gasteiger partial charge < -0.3 is 0 Å². The Kier molecular flexibility index (Phi) is 9.51. The van der Waals surface area contributed by atoms with Crippen LogP contribution in [-0.4, -0.2) is 5.80 Å². The van der Waals surface area contributed by atoms with E-state index in [9.17, 15) is 0 Å². The number of hydrogen-bond acceptors (Lipinski definition) is 1. The number of benzene rings is 8. The molecule has 264 valence electrons. The smallest absolute Gasteiger partial charge is 0.0534 e. The summed E-state index contributed by atoms with van der Waals surface area (Å²) in [6, 6.07) is 79.7. The van der Waals surface area contributed by atoms with Crippen molar-refractivity contribution < 1.29 is 0 Å². The fourth-order valence-corrected chi connectivity index (χ4v) is 16.9. The van der Waals surface area contributed by atoms with Gasteiger partial charge in [-0.3, -0.25) is 4.52 Å². The Morgan fingerprint density at radius 2 is 0.600 bits per heavy atom. The van der Waals surface area contributed by atoms with Gasteiger partial charge in [0.05, 0.1) is 14.1 Å². The molecule has 8 aromatic rings. The second-order valence-corrected chi connectivity index (χ2v) is 20.2. The number of allylic oxidation sites excluding steroid dienone is 1. The molecule has 0 amide bonds. The summed E-state index contributed by atoms with van der Waals surface area (Å²) in [7, 11) is -5.18. The molecule has 1 nitrogen and oxygen atoms in total. The van der Waals surface area contributed by atoms with Gasteiger partial charge in [-0.15, -0.1) is 0 Å². The normalized spacial score (nSPS) is 14.2. The zero-order valence-electron chi connectivity index (χ0n) is 30.8. The van der Waals surface area contributed by atoms with E-state index in [1.165, 1.54) is 71.3 Å². The van der Waals surface area contributed by atoms with E-state index in [-0.39, 0.29) is 0 Å². The average Bonchev–Trinajstić information content (AvgIpc) is 3.27. The van der Waals surface area contributed by atoms with Crippen LogP contribution in [0.3, 0.4) is 0 Å². The minimum Gasteiger partial charge on any atom is -0.260 e. The number of rotatable bonds is 8. The first-order valence-electron chi connectivity index (χ1n) is 18.8. The molecule has 55 heavy (non-hydrogen) atoms. The molecular weight excluding hydrogens is 701 g/mol. The molecule has 0 fully saturated rings. The third kappa shape index (κ3) is 6.83. The van der Waals surface area contributed by atoms with Gasteiger partial charge >= 0.3 is 0 Å². The van der Waals surface area contributed by atoms with Crippen molar-refractivity contribution in [3.8, 4) is 44.5 Å². The summed E-state index contributed by atoms with van der Waals surface area (Å²) in [4.78, 5) is 0. The lowest BCUT2D eigenvalue weighted by Crippen LogP contribution is -2.23. The second-order valence-electron chi connectivity index (χ2n) is 14.1. The predicted molar refractivity (Wildman–Crippen MR) is 242 cm³/mol. The molecule has 0 N–H and O–H groups in total. The van der Waals surface area contributed by atoms with Gasteiger partial charge in [-0.1, -0.05) is 194 Å². The van der Waals surface area contributed by atoms with Gasteiger partial charge in [0.2, 0.25) is 0 Å². The molecule has 1 aliphatic heterocycles. The minimum atomic E-state index is -2.59. The summed E-state index contributed by atoms with van der Waals surface area (Å²) >= 11 is 0. The molecule has 0 radical (unpaired) electrons. The van der Waals surface area contributed by atoms with Crippen LogP contribution < -0.4 is 21.2 Å². The van der Waals surface area contributed by atoms with Crippen molar-refractivity contribution in [2.45, 2.75) is 6.92 Å². The van der Waals surface area contributed by atoms with Gasteiger partial charge in [-0.2, -0.15) is 0 Å². The van der Waals surface area contributed by atoms with Gasteiger partial charge in [0.25, 0.3) is 0 Å². The van der Waals surface area contributed by atoms with Crippen LogP contribution in [0.2, 0.25) is 0 Å². The zero-order valence-corrected chi connectivity index (χ0v) is 32.6. The number of nitrogens with zero attached hydrogens (tertiary/aromatic N) is 1. The Balaban J connectivity index is 1.39. The third-order valence-corrected chi connectivity index (χ3v) is 18.5. The molecule has 0 unspecified atom stereocenters. The van der Waals surface area contributed by atoms with Crippen molar-refractivity contribution in [1.29, 1.82) is 0 Å². The molecule has 0 saturated heterocycles. The Morgan fingerprint density at radius 3 is 0.945 bits per heavy atom. The summed E-state index contributed by atoms with van der Waals surface area (Å²) in [5.74, 6) is 5.03. The molecule has 0 spiro atoms. The van der Waals surface area contributed by atoms with Crippen LogP contribution in [0, 0.1) is 0 Å². The van der Waals surface area contributed by atoms with Crippen molar-refractivity contribution in [3.63, 3.8) is 0 Å². The summed E-state index contributed by atoms with van der Waals surface area (Å²) in [6.45, 7) is 2.29. The van der Waals surface area contributed by atoms with Gasteiger partial charge in [0.1, 0.15) is 0 Å². The van der Waals surface area contributed by atoms with Gasteiger partial charge in [-0.25, -0.2) is 0 Å². The van der Waals surface area contributed by atoms with Crippen LogP contribution in [-0.2, 0) is 0 Å². The highest BCUT2D eigenvalue weighted by molar-refractivity contribution is 7.96. The maximum absolute atomic E-state index is 6.51. The van der Waals surface area contributed by atoms with Crippen molar-refractivity contribution in [3.05, 3.63) is 230 Å². The summed E-state index contributed by atoms with van der Waals surface area (Å²) in [6.07, 6.45) is 0. The van der Waals surface area contributed by atoms with E-state index < -0.39 is 14.1 Å². The fraction of sp³-hybridized carbons (Fsp3) is 0.0192. The molecule has 9 rings (SSSR count). The van der Waals surface area contributed by atoms with Crippen LogP contribution in [0.15, 0.2) is 234 Å². The van der Waals surface area contributed by atoms with Gasteiger partial charge in [-0.05, 0) is 92.9 Å². The highest BCUT2D eigenvalue weighted by Crippen LogP contribution is 2.65. The Labute approximate surface area is 325 Å². The van der Waals surface area contributed by atoms with E-state index in [2.05, 4.69) is 237 Å². The van der Waals surface area contributed by atoms with Gasteiger partial charge in [0, 0.05) is 21.2 Å². The molecule has 0 aliphatic carbocycles. The van der Waals surface area contributed by atoms with Crippen molar-refractivity contribution in [2.24, 2.45) is 4.52 Å². The fourth-order valence-electron chi connectivity index (χ4n) is 7.81. The van der Waals surface area contributed by atoms with E-state index >= 15 is 0 Å². The molecule has 0 atom stereocenters. The standard InChI is InChI=1S/C52H41NP2/c1-40-38-54(49-30-14-26-45(34-49)41-18-6-2-7-19-41,50-31-15-27-46(35-50)42-20-8-3-9-21-42)53-55(39-40,51-32-16-28-47(36-51)43-22-10-4-11-23-43)52-33-17-29-48(37-52)44-24-12-5-13-25-44/h2-39H,1H3. The molecular formula is C52H41NP2. The highest BCUT2D eigenvalue weighted by atomic mass is 31.2. The predicted octanol–water partition coefficient (Wildman–Crippen LogP) is 12.8. The third-order valence-electron chi connectivity index (χ3n) is 10.5. The van der Waals surface area contributed by atoms with E-state index in [0.717, 1.165) is 0 Å². The van der Waals surface area contributed by atoms with E-state index in [1.54, 1.807) is 0 Å². The second kappa shape index (κ2) is 15.0. The molecule has 1 aliphatic rings. The monoisotopic (exact) mass is 741 g/mol. The van der Waals surface area contributed by atoms with Crippen molar-refractivity contribution in [1.82, 2.24) is 0 Å². The van der Waals surface area contributed by atoms with Crippen molar-refractivity contribution in [2.75, 3.05) is 0 Å². The van der Waals surface area contributed by atoms with E-state index in [1.807, 2.05) is 0 Å². The SMILES string of the molecule is CC1=CP(c2cccc(-c3ccccc3)c2)(c2cccc(-c3ccccc3)c2)=NP(c2cccc(-c3ccccc3)c2)(c2cccc(-c3ccccc3)c2)=C1. The molecule has 0 bridgehead atoms. The molecule has 0 saturated carbocycles. The average molecular weight is 742 g/mol. The first kappa shape index (κ1) is 34.8. The van der Waals surface area contributed by atoms with Crippen LogP contribution in [0.5, 0.6) is 0 Å². The first-order chi connectivity index (χ1) is 27.1. The van der Waals surface area contributed by atoms with E-state index in [4.69, 9.17) is 4.52 Å². The van der Waals surface area contributed by atoms with E-state index in [0.29, 0.717) is 0 Å². The number of hydrogen-bond donors (Lipinski definition) is 0. The molecule has 8 aromatic carbocycles. The lowest BCUT2D eigenvalue weighted by molar-refractivity contribution is 1.61. The summed E-state index contributed by atoms with van der Waals surface area (Å²) < 4.78 is 6.51. The first-order valence-corrected chi connectivity index (χ1v) is 22.4. The molecule has 3 heteroatoms. The zero-order chi connectivity index (χ0) is 37.1. The van der Waals surface area contributed by atoms with Crippen LogP contribution in [0.1, 0.15) is 6.92 Å². The maximum Gasteiger partial charge on any atom is 0.0534 e. The maximum atomic E-state index is 6.51. The summed E-state index contributed by atoms with van der Waals surface area (Å²) in [5, 5.41) is 5.03. The van der Waals surface area contributed by atoms with Gasteiger partial charge in [0.15, 0.2) is 0 Å². The van der Waals surface area contributed by atoms with Crippen molar-refractivity contribution >= 4 is 41.1 Å². The lowest BCUT2D eigenvalue weighted by Gasteiger charge is -2.35. The molecule has 0 aromatic heterocycles. The highest BCUT2D eigenvalue weighted by Gasteiger charge is 2.34. The van der Waals surface area contributed by atoms with Crippen LogP contribution in [0.4, 0.5) is 0 Å². The quantitative estimate of drug-likeness (QED) is 0.138. The Hall–Kier alpha value is -5.97. The Morgan fingerprint density at radius 1 is 0.309 bits per heavy atom. The molecule has 1 heterocycles.